The van der Waals surface area contributed by atoms with Gasteiger partial charge in [-0.05, 0) is 48.2 Å². The molecular formula is C23H26Cl4N6O4. The molecule has 37 heavy (non-hydrogen) atoms. The van der Waals surface area contributed by atoms with E-state index in [4.69, 9.17) is 68.4 Å². The smallest absolute Gasteiger partial charge is 0.320 e. The fraction of sp³-hybridized carbons (Fsp3) is 0.304. The van der Waals surface area contributed by atoms with Gasteiger partial charge in [0.2, 0.25) is 11.8 Å². The quantitative estimate of drug-likeness (QED) is 0.109. The number of nitrogens with zero attached hydrogens (tertiary/aromatic N) is 2. The minimum Gasteiger partial charge on any atom is -0.480 e. The van der Waals surface area contributed by atoms with Gasteiger partial charge in [0.05, 0.1) is 16.6 Å². The number of carbonyl (C=O) groups excluding carboxylic acids is 2. The Morgan fingerprint density at radius 2 is 1.70 bits per heavy atom. The van der Waals surface area contributed by atoms with E-state index in [1.165, 1.54) is 11.1 Å². The first-order valence-electron chi connectivity index (χ1n) is 10.9. The molecule has 0 aliphatic carbocycles. The predicted octanol–water partition coefficient (Wildman–Crippen LogP) is 3.64. The molecule has 0 heterocycles. The van der Waals surface area contributed by atoms with Crippen molar-refractivity contribution in [1.29, 1.82) is 5.41 Å². The predicted molar refractivity (Wildman–Crippen MR) is 143 cm³/mol. The molecule has 10 nitrogen and oxygen atoms in total. The molecule has 200 valence electrons. The van der Waals surface area contributed by atoms with Crippen LogP contribution >= 0.6 is 46.4 Å². The van der Waals surface area contributed by atoms with Crippen LogP contribution in [-0.4, -0.2) is 51.3 Å². The molecular weight excluding hydrogens is 566 g/mol. The third kappa shape index (κ3) is 9.66. The molecule has 0 aliphatic heterocycles. The van der Waals surface area contributed by atoms with Crippen LogP contribution in [0.5, 0.6) is 0 Å². The summed E-state index contributed by atoms with van der Waals surface area (Å²) >= 11 is 24.3. The number of carboxylic acids is 1. The van der Waals surface area contributed by atoms with Gasteiger partial charge in [0.1, 0.15) is 12.5 Å². The molecule has 0 spiro atoms. The first-order chi connectivity index (χ1) is 17.4. The topological polar surface area (TPSA) is 166 Å². The Labute approximate surface area is 233 Å². The maximum atomic E-state index is 13.2. The molecule has 2 aromatic carbocycles. The van der Waals surface area contributed by atoms with Crippen LogP contribution in [0.2, 0.25) is 20.1 Å². The molecule has 0 radical (unpaired) electrons. The number of halogens is 4. The Balaban J connectivity index is 2.16. The molecule has 2 aromatic rings. The second-order valence-electron chi connectivity index (χ2n) is 7.99. The molecule has 14 heteroatoms. The first kappa shape index (κ1) is 30.6. The molecule has 2 amide bonds. The summed E-state index contributed by atoms with van der Waals surface area (Å²) in [5, 5.41) is 19.3. The highest BCUT2D eigenvalue weighted by molar-refractivity contribution is 6.42. The van der Waals surface area contributed by atoms with Crippen LogP contribution in [0.25, 0.3) is 0 Å². The highest BCUT2D eigenvalue weighted by Gasteiger charge is 2.24. The molecule has 0 fully saturated rings. The number of amides is 2. The van der Waals surface area contributed by atoms with E-state index in [-0.39, 0.29) is 32.5 Å². The van der Waals surface area contributed by atoms with Crippen molar-refractivity contribution >= 4 is 70.1 Å². The van der Waals surface area contributed by atoms with E-state index in [0.29, 0.717) is 25.7 Å². The molecule has 0 aromatic heterocycles. The lowest BCUT2D eigenvalue weighted by molar-refractivity contribution is -0.141. The fourth-order valence-electron chi connectivity index (χ4n) is 3.18. The maximum absolute atomic E-state index is 13.2. The van der Waals surface area contributed by atoms with Crippen LogP contribution in [0.3, 0.4) is 0 Å². The highest BCUT2D eigenvalue weighted by Crippen LogP contribution is 2.24. The van der Waals surface area contributed by atoms with E-state index in [9.17, 15) is 14.4 Å². The summed E-state index contributed by atoms with van der Waals surface area (Å²) in [6, 6.07) is 8.67. The molecule has 0 saturated heterocycles. The van der Waals surface area contributed by atoms with Crippen LogP contribution in [0, 0.1) is 5.41 Å². The Morgan fingerprint density at radius 1 is 1.00 bits per heavy atom. The highest BCUT2D eigenvalue weighted by atomic mass is 35.5. The Morgan fingerprint density at radius 3 is 2.30 bits per heavy atom. The van der Waals surface area contributed by atoms with Gasteiger partial charge in [0, 0.05) is 23.1 Å². The van der Waals surface area contributed by atoms with Gasteiger partial charge in [-0.2, -0.15) is 0 Å². The van der Waals surface area contributed by atoms with E-state index >= 15 is 0 Å². The summed E-state index contributed by atoms with van der Waals surface area (Å²) in [5.74, 6) is -3.10. The number of nitrogens with one attached hydrogen (secondary N) is 2. The first-order valence-corrected chi connectivity index (χ1v) is 12.4. The lowest BCUT2D eigenvalue weighted by atomic mass is 10.1. The van der Waals surface area contributed by atoms with E-state index < -0.39 is 36.2 Å². The number of hydrogen-bond acceptors (Lipinski definition) is 6. The number of hydrogen-bond donors (Lipinski definition) is 5. The monoisotopic (exact) mass is 590 g/mol. The van der Waals surface area contributed by atoms with E-state index in [2.05, 4.69) is 5.43 Å². The summed E-state index contributed by atoms with van der Waals surface area (Å²) in [7, 11) is 0. The van der Waals surface area contributed by atoms with Gasteiger partial charge < -0.3 is 16.6 Å². The van der Waals surface area contributed by atoms with Gasteiger partial charge in [-0.3, -0.25) is 29.7 Å². The number of guanidine groups is 1. The fourth-order valence-corrected chi connectivity index (χ4v) is 3.97. The molecule has 0 bridgehead atoms. The average molecular weight is 592 g/mol. The summed E-state index contributed by atoms with van der Waals surface area (Å²) in [5.41, 5.74) is 15.3. The standard InChI is InChI=1S/C23H26Cl4N6O4/c24-15-5-4-14(17(26)9-15)12-33(31-11-13-3-6-16(25)18(27)8-13)21(35)10-20(34)32(23(29)30)7-1-2-19(28)22(36)37/h3-6,8-9,19,31H,1-2,7,10-12,28H2,(H3,29,30)(H,36,37). The lowest BCUT2D eigenvalue weighted by Gasteiger charge is -2.26. The van der Waals surface area contributed by atoms with Crippen molar-refractivity contribution in [2.45, 2.75) is 38.4 Å². The number of aliphatic carboxylic acids is 1. The van der Waals surface area contributed by atoms with Crippen molar-refractivity contribution in [2.24, 2.45) is 11.5 Å². The number of carboxylic acid groups (broad SMARTS) is 1. The zero-order chi connectivity index (χ0) is 27.7. The minimum atomic E-state index is -1.18. The zero-order valence-corrected chi connectivity index (χ0v) is 22.5. The second kappa shape index (κ2) is 14.4. The normalized spacial score (nSPS) is 11.6. The number of nitrogens with two attached hydrogens (primary N) is 2. The lowest BCUT2D eigenvalue weighted by Crippen LogP contribution is -2.47. The Kier molecular flexibility index (Phi) is 11.9. The summed E-state index contributed by atoms with van der Waals surface area (Å²) < 4.78 is 0. The third-order valence-electron chi connectivity index (χ3n) is 5.21. The van der Waals surface area contributed by atoms with Crippen molar-refractivity contribution in [1.82, 2.24) is 15.3 Å². The van der Waals surface area contributed by atoms with Gasteiger partial charge in [0.15, 0.2) is 5.96 Å². The molecule has 0 aliphatic rings. The van der Waals surface area contributed by atoms with Crippen LogP contribution in [0.4, 0.5) is 0 Å². The number of carbonyl (C=O) groups is 3. The van der Waals surface area contributed by atoms with Crippen LogP contribution in [0.1, 0.15) is 30.4 Å². The number of hydrazine groups is 1. The second-order valence-corrected chi connectivity index (χ2v) is 9.65. The van der Waals surface area contributed by atoms with Crippen LogP contribution < -0.4 is 16.9 Å². The largest absolute Gasteiger partial charge is 0.480 e. The minimum absolute atomic E-state index is 0.00300. The number of benzene rings is 2. The Hall–Kier alpha value is -2.60. The van der Waals surface area contributed by atoms with E-state index in [0.717, 1.165) is 10.5 Å². The van der Waals surface area contributed by atoms with E-state index in [1.54, 1.807) is 30.3 Å². The molecule has 0 saturated carbocycles. The average Bonchev–Trinajstić information content (AvgIpc) is 2.82. The van der Waals surface area contributed by atoms with Crippen molar-refractivity contribution in [3.63, 3.8) is 0 Å². The van der Waals surface area contributed by atoms with Crippen LogP contribution in [0.15, 0.2) is 36.4 Å². The van der Waals surface area contributed by atoms with Gasteiger partial charge in [-0.1, -0.05) is 58.5 Å². The molecule has 1 atom stereocenters. The van der Waals surface area contributed by atoms with E-state index in [1.807, 2.05) is 0 Å². The third-order valence-corrected chi connectivity index (χ3v) is 6.54. The zero-order valence-electron chi connectivity index (χ0n) is 19.5. The molecule has 7 N–H and O–H groups in total. The maximum Gasteiger partial charge on any atom is 0.320 e. The van der Waals surface area contributed by atoms with Gasteiger partial charge in [-0.15, -0.1) is 0 Å². The van der Waals surface area contributed by atoms with Gasteiger partial charge in [0.25, 0.3) is 0 Å². The molecule has 1 unspecified atom stereocenters. The summed E-state index contributed by atoms with van der Waals surface area (Å²) in [6.07, 6.45) is -0.385. The van der Waals surface area contributed by atoms with Gasteiger partial charge >= 0.3 is 5.97 Å². The SMILES string of the molecule is N=C(N)N(CCCC(N)C(=O)O)C(=O)CC(=O)N(Cc1ccc(Cl)cc1Cl)NCc1ccc(Cl)c(Cl)c1. The van der Waals surface area contributed by atoms with Crippen molar-refractivity contribution in [3.8, 4) is 0 Å². The van der Waals surface area contributed by atoms with Gasteiger partial charge in [-0.25, -0.2) is 5.43 Å². The number of rotatable bonds is 12. The van der Waals surface area contributed by atoms with Crippen molar-refractivity contribution in [3.05, 3.63) is 67.6 Å². The molecule has 2 rings (SSSR count). The Bertz CT molecular complexity index is 1170. The summed E-state index contributed by atoms with van der Waals surface area (Å²) in [4.78, 5) is 37.8. The van der Waals surface area contributed by atoms with Crippen LogP contribution in [-0.2, 0) is 27.5 Å². The summed E-state index contributed by atoms with van der Waals surface area (Å²) in [6.45, 7) is 0.102. The van der Waals surface area contributed by atoms with Crippen molar-refractivity contribution < 1.29 is 19.5 Å². The van der Waals surface area contributed by atoms with Crippen molar-refractivity contribution in [2.75, 3.05) is 6.54 Å².